The van der Waals surface area contributed by atoms with Crippen LogP contribution >= 0.6 is 0 Å². The fourth-order valence-corrected chi connectivity index (χ4v) is 5.05. The summed E-state index contributed by atoms with van der Waals surface area (Å²) in [4.78, 5) is 26.2. The van der Waals surface area contributed by atoms with E-state index in [1.807, 2.05) is 36.4 Å². The molecule has 2 aromatic carbocycles. The zero-order valence-corrected chi connectivity index (χ0v) is 36.0. The van der Waals surface area contributed by atoms with Gasteiger partial charge in [-0.3, -0.25) is 0 Å². The van der Waals surface area contributed by atoms with Crippen molar-refractivity contribution < 1.29 is 131 Å². The van der Waals surface area contributed by atoms with Crippen LogP contribution < -0.4 is 37.3 Å². The zero-order valence-electron chi connectivity index (χ0n) is 32.6. The minimum Gasteiger partial charge on any atom is -0.476 e. The minimum absolute atomic E-state index is 0. The van der Waals surface area contributed by atoms with Crippen LogP contribution in [0.4, 0.5) is 0 Å². The van der Waals surface area contributed by atoms with Crippen molar-refractivity contribution in [2.75, 3.05) is 78.9 Å². The van der Waals surface area contributed by atoms with Crippen molar-refractivity contribution in [1.82, 2.24) is 0 Å². The van der Waals surface area contributed by atoms with Crippen molar-refractivity contribution in [3.05, 3.63) is 69.8 Å². The first-order chi connectivity index (χ1) is 27.6. The molecule has 0 amide bonds. The predicted molar refractivity (Wildman–Crippen MR) is 187 cm³/mol. The van der Waals surface area contributed by atoms with Gasteiger partial charge in [0.05, 0.1) is 51.4 Å². The number of aliphatic imine (C=N–C) groups is 6. The van der Waals surface area contributed by atoms with Crippen molar-refractivity contribution in [2.45, 2.75) is 13.8 Å². The van der Waals surface area contributed by atoms with Crippen LogP contribution in [0.5, 0.6) is 0 Å². The Labute approximate surface area is 380 Å². The van der Waals surface area contributed by atoms with Gasteiger partial charge < -0.3 is 39.4 Å². The van der Waals surface area contributed by atoms with Crippen molar-refractivity contribution >= 4 is 35.4 Å². The average molecular weight is 1010 g/mol. The third-order valence-corrected chi connectivity index (χ3v) is 6.86. The summed E-state index contributed by atoms with van der Waals surface area (Å²) in [5.74, 6) is 3.97. The summed E-state index contributed by atoms with van der Waals surface area (Å²) in [6.45, 7) is 10.8. The number of hydrogen-bond acceptors (Lipinski definition) is 22. The smallest absolute Gasteiger partial charge is 0.476 e. The van der Waals surface area contributed by atoms with Crippen LogP contribution in [-0.4, -0.2) is 125 Å². The molecule has 0 radical (unpaired) electrons. The van der Waals surface area contributed by atoms with Crippen molar-refractivity contribution in [1.29, 1.82) is 10.5 Å². The summed E-state index contributed by atoms with van der Waals surface area (Å²) in [5.41, 5.74) is 5.48. The van der Waals surface area contributed by atoms with Gasteiger partial charge in [0.25, 0.3) is 0 Å². The molecule has 28 heteroatoms. The summed E-state index contributed by atoms with van der Waals surface area (Å²) in [7, 11) is -9.89. The largest absolute Gasteiger partial charge is 1.00 e. The fraction of sp³-hybridized carbons (Fsp3) is 0.412. The number of nitrogens with zero attached hydrogens (tertiary/aromatic N) is 8. The standard InChI is InChI=1S/2C15H15N3O3.2C2H3N.2ClHO4.2Cu.2H2O/c2*1-4-19-13(16-1)10-7-11(14-17-2-5-20-14)9-12(8-10)15-18-3-6-21-15;2*1-2-3;2*2-1(3,4)5;;;;/h2*7-9H,1-6H2;2*1H3;2*(H,2,3,4,5);;;2*1H2/q;;;;;;2*+1;;/p-2. The Morgan fingerprint density at radius 1 is 0.387 bits per heavy atom. The SMILES string of the molecule is CC#N.CC#N.O.O.[Cu+].[Cu+].[O-][Cl+3]([O-])([O-])[O-].[O-][Cl+3]([O-])([O-])[O-].c1c(C2=NCCO2)cc(C2=NCCO2)cc1C1=NCCO1.c1c(C2=NCCO2)cc(C2=NCCO2)cc1C1=NCCO1. The van der Waals surface area contributed by atoms with Gasteiger partial charge in [0.2, 0.25) is 35.4 Å². The maximum Gasteiger partial charge on any atom is 1.00 e. The Kier molecular flexibility index (Phi) is 29.3. The molecule has 4 N–H and O–H groups in total. The maximum absolute atomic E-state index is 8.49. The second-order valence-corrected chi connectivity index (χ2v) is 12.5. The zero-order chi connectivity index (χ0) is 42.6. The van der Waals surface area contributed by atoms with Gasteiger partial charge in [-0.05, 0) is 36.4 Å². The van der Waals surface area contributed by atoms with Crippen LogP contribution in [0.1, 0.15) is 47.2 Å². The number of nitriles is 2. The maximum atomic E-state index is 8.49. The van der Waals surface area contributed by atoms with E-state index >= 15 is 0 Å². The molecule has 0 spiro atoms. The molecular weight excluding hydrogens is 974 g/mol. The van der Waals surface area contributed by atoms with Gasteiger partial charge in [0.15, 0.2) is 0 Å². The molecule has 348 valence electrons. The van der Waals surface area contributed by atoms with Gasteiger partial charge in [-0.25, -0.2) is 67.2 Å². The third kappa shape index (κ3) is 22.5. The third-order valence-electron chi connectivity index (χ3n) is 6.86. The Balaban J connectivity index is 0. The van der Waals surface area contributed by atoms with Gasteiger partial charge in [0, 0.05) is 47.2 Å². The van der Waals surface area contributed by atoms with E-state index in [0.29, 0.717) is 114 Å². The summed E-state index contributed by atoms with van der Waals surface area (Å²) >= 11 is 0. The number of benzene rings is 2. The Morgan fingerprint density at radius 3 is 0.581 bits per heavy atom. The Hall–Kier alpha value is -4.54. The molecule has 0 saturated heterocycles. The summed E-state index contributed by atoms with van der Waals surface area (Å²) in [6, 6.07) is 15.5. The van der Waals surface area contributed by atoms with Crippen molar-refractivity contribution in [2.24, 2.45) is 30.0 Å². The molecule has 0 aliphatic carbocycles. The molecule has 0 saturated carbocycles. The first-order valence-corrected chi connectivity index (χ1v) is 19.3. The molecule has 2 aromatic rings. The second-order valence-electron chi connectivity index (χ2n) is 11.0. The van der Waals surface area contributed by atoms with Crippen LogP contribution in [0.25, 0.3) is 0 Å². The molecule has 6 aliphatic heterocycles. The molecule has 24 nitrogen and oxygen atoms in total. The van der Waals surface area contributed by atoms with E-state index in [2.05, 4.69) is 30.0 Å². The van der Waals surface area contributed by atoms with E-state index in [1.54, 1.807) is 12.1 Å². The van der Waals surface area contributed by atoms with Crippen LogP contribution in [0, 0.1) is 43.1 Å². The molecule has 0 atom stereocenters. The number of ether oxygens (including phenoxy) is 6. The Bertz CT molecular complexity index is 1620. The van der Waals surface area contributed by atoms with E-state index < -0.39 is 20.5 Å². The fourth-order valence-electron chi connectivity index (χ4n) is 5.05. The monoisotopic (exact) mass is 1010 g/mol. The molecule has 0 unspecified atom stereocenters. The summed E-state index contributed by atoms with van der Waals surface area (Å²) in [6.07, 6.45) is 0. The Morgan fingerprint density at radius 2 is 0.500 bits per heavy atom. The summed E-state index contributed by atoms with van der Waals surface area (Å²) in [5, 5.41) is 14.6. The number of halogens is 2. The van der Waals surface area contributed by atoms with E-state index in [0.717, 1.165) is 33.4 Å². The van der Waals surface area contributed by atoms with E-state index in [-0.39, 0.29) is 45.1 Å². The molecule has 62 heavy (non-hydrogen) atoms. The van der Waals surface area contributed by atoms with Crippen LogP contribution in [0.15, 0.2) is 66.4 Å². The van der Waals surface area contributed by atoms with Crippen molar-refractivity contribution in [3.8, 4) is 12.1 Å². The van der Waals surface area contributed by atoms with Crippen LogP contribution in [-0.2, 0) is 62.6 Å². The van der Waals surface area contributed by atoms with Gasteiger partial charge in [-0.2, -0.15) is 10.5 Å². The normalized spacial score (nSPS) is 15.9. The predicted octanol–water partition coefficient (Wildman–Crippen LogP) is -8.07. The van der Waals surface area contributed by atoms with E-state index in [1.165, 1.54) is 13.8 Å². The topological polar surface area (TPSA) is 425 Å². The number of rotatable bonds is 6. The van der Waals surface area contributed by atoms with E-state index in [4.69, 9.17) is 76.2 Å². The van der Waals surface area contributed by atoms with Crippen molar-refractivity contribution in [3.63, 3.8) is 0 Å². The molecule has 0 aromatic heterocycles. The van der Waals surface area contributed by atoms with Gasteiger partial charge in [-0.15, -0.1) is 20.5 Å². The van der Waals surface area contributed by atoms with Gasteiger partial charge in [0.1, 0.15) is 39.6 Å². The molecule has 6 heterocycles. The summed E-state index contributed by atoms with van der Waals surface area (Å²) < 4.78 is 101. The quantitative estimate of drug-likeness (QED) is 0.243. The minimum atomic E-state index is -4.94. The molecule has 0 fully saturated rings. The van der Waals surface area contributed by atoms with Crippen LogP contribution in [0.2, 0.25) is 0 Å². The molecule has 0 bridgehead atoms. The molecular formula is C34H40Cl2Cu2N8O16. The van der Waals surface area contributed by atoms with Gasteiger partial charge in [-0.1, -0.05) is 0 Å². The first kappa shape index (κ1) is 59.5. The first-order valence-electron chi connectivity index (χ1n) is 16.8. The average Bonchev–Trinajstić information content (AvgIpc) is 4.03. The molecule has 6 aliphatic rings. The van der Waals surface area contributed by atoms with Crippen LogP contribution in [0.3, 0.4) is 0 Å². The second kappa shape index (κ2) is 30.5. The van der Waals surface area contributed by atoms with Gasteiger partial charge >= 0.3 is 34.1 Å². The van der Waals surface area contributed by atoms with E-state index in [9.17, 15) is 0 Å². The number of hydrogen-bond donors (Lipinski definition) is 0. The molecule has 8 rings (SSSR count).